The largest absolute Gasteiger partial charge is 0.309 e. The SMILES string of the molecule is CC#CCC(NCC)c1ccc(I)c(Cl)c1. The van der Waals surface area contributed by atoms with Crippen LogP contribution in [0.3, 0.4) is 0 Å². The molecular formula is C13H15ClIN. The van der Waals surface area contributed by atoms with Crippen LogP contribution in [0, 0.1) is 15.4 Å². The van der Waals surface area contributed by atoms with E-state index in [2.05, 4.69) is 52.7 Å². The van der Waals surface area contributed by atoms with E-state index in [-0.39, 0.29) is 6.04 Å². The second-order valence-corrected chi connectivity index (χ2v) is 4.98. The molecule has 0 bridgehead atoms. The minimum absolute atomic E-state index is 0.270. The summed E-state index contributed by atoms with van der Waals surface area (Å²) >= 11 is 8.36. The normalized spacial score (nSPS) is 11.8. The van der Waals surface area contributed by atoms with E-state index >= 15 is 0 Å². The molecular weight excluding hydrogens is 333 g/mol. The van der Waals surface area contributed by atoms with Crippen LogP contribution < -0.4 is 5.32 Å². The maximum absolute atomic E-state index is 6.12. The van der Waals surface area contributed by atoms with Crippen LogP contribution in [-0.2, 0) is 0 Å². The molecule has 0 spiro atoms. The molecule has 1 N–H and O–H groups in total. The van der Waals surface area contributed by atoms with E-state index in [1.165, 1.54) is 5.56 Å². The van der Waals surface area contributed by atoms with E-state index in [9.17, 15) is 0 Å². The van der Waals surface area contributed by atoms with Gasteiger partial charge in [0.2, 0.25) is 0 Å². The fraction of sp³-hybridized carbons (Fsp3) is 0.385. The quantitative estimate of drug-likeness (QED) is 0.641. The number of hydrogen-bond donors (Lipinski definition) is 1. The van der Waals surface area contributed by atoms with Crippen LogP contribution in [0.25, 0.3) is 0 Å². The zero-order chi connectivity index (χ0) is 12.0. The van der Waals surface area contributed by atoms with Crippen LogP contribution in [0.2, 0.25) is 5.02 Å². The molecule has 0 radical (unpaired) electrons. The van der Waals surface area contributed by atoms with Gasteiger partial charge in [-0.15, -0.1) is 11.8 Å². The van der Waals surface area contributed by atoms with Gasteiger partial charge >= 0.3 is 0 Å². The summed E-state index contributed by atoms with van der Waals surface area (Å²) in [4.78, 5) is 0. The highest BCUT2D eigenvalue weighted by atomic mass is 127. The smallest absolute Gasteiger partial charge is 0.0542 e. The minimum Gasteiger partial charge on any atom is -0.309 e. The van der Waals surface area contributed by atoms with Crippen molar-refractivity contribution in [2.24, 2.45) is 0 Å². The van der Waals surface area contributed by atoms with E-state index in [1.807, 2.05) is 19.1 Å². The molecule has 0 aliphatic heterocycles. The monoisotopic (exact) mass is 347 g/mol. The second kappa shape index (κ2) is 7.16. The van der Waals surface area contributed by atoms with Gasteiger partial charge in [0.05, 0.1) is 5.02 Å². The Kier molecular flexibility index (Phi) is 6.18. The molecule has 86 valence electrons. The Bertz CT molecular complexity index is 406. The van der Waals surface area contributed by atoms with Crippen LogP contribution in [0.1, 0.15) is 31.9 Å². The highest BCUT2D eigenvalue weighted by Gasteiger charge is 2.10. The Morgan fingerprint density at radius 2 is 2.25 bits per heavy atom. The van der Waals surface area contributed by atoms with Crippen molar-refractivity contribution < 1.29 is 0 Å². The maximum Gasteiger partial charge on any atom is 0.0542 e. The first kappa shape index (κ1) is 13.8. The molecule has 0 aromatic heterocycles. The summed E-state index contributed by atoms with van der Waals surface area (Å²) in [6.45, 7) is 4.89. The predicted octanol–water partition coefficient (Wildman–Crippen LogP) is 4.01. The Morgan fingerprint density at radius 3 is 2.81 bits per heavy atom. The van der Waals surface area contributed by atoms with E-state index < -0.39 is 0 Å². The molecule has 0 amide bonds. The van der Waals surface area contributed by atoms with E-state index in [4.69, 9.17) is 11.6 Å². The maximum atomic E-state index is 6.12. The van der Waals surface area contributed by atoms with Crippen LogP contribution in [-0.4, -0.2) is 6.54 Å². The highest BCUT2D eigenvalue weighted by molar-refractivity contribution is 14.1. The Balaban J connectivity index is 2.89. The van der Waals surface area contributed by atoms with Gasteiger partial charge in [-0.1, -0.05) is 24.6 Å². The fourth-order valence-electron chi connectivity index (χ4n) is 1.49. The molecule has 1 rings (SSSR count). The molecule has 1 aromatic rings. The number of hydrogen-bond acceptors (Lipinski definition) is 1. The van der Waals surface area contributed by atoms with Crippen molar-refractivity contribution in [2.45, 2.75) is 26.3 Å². The van der Waals surface area contributed by atoms with Crippen molar-refractivity contribution in [1.82, 2.24) is 5.32 Å². The summed E-state index contributed by atoms with van der Waals surface area (Å²) in [5, 5.41) is 4.23. The molecule has 0 heterocycles. The number of halogens is 2. The third-order valence-corrected chi connectivity index (χ3v) is 3.85. The van der Waals surface area contributed by atoms with Gasteiger partial charge in [0.1, 0.15) is 0 Å². The van der Waals surface area contributed by atoms with Crippen LogP contribution in [0.4, 0.5) is 0 Å². The van der Waals surface area contributed by atoms with Crippen molar-refractivity contribution in [3.05, 3.63) is 32.4 Å². The number of nitrogens with one attached hydrogen (secondary N) is 1. The van der Waals surface area contributed by atoms with Gasteiger partial charge in [-0.05, 0) is 53.8 Å². The molecule has 1 unspecified atom stereocenters. The lowest BCUT2D eigenvalue weighted by Crippen LogP contribution is -2.20. The van der Waals surface area contributed by atoms with E-state index in [0.29, 0.717) is 0 Å². The zero-order valence-electron chi connectivity index (χ0n) is 9.48. The molecule has 0 saturated heterocycles. The number of benzene rings is 1. The molecule has 16 heavy (non-hydrogen) atoms. The molecule has 3 heteroatoms. The lowest BCUT2D eigenvalue weighted by molar-refractivity contribution is 0.565. The van der Waals surface area contributed by atoms with Crippen LogP contribution in [0.15, 0.2) is 18.2 Å². The Hall–Kier alpha value is -0.240. The van der Waals surface area contributed by atoms with Crippen LogP contribution >= 0.6 is 34.2 Å². The van der Waals surface area contributed by atoms with Gasteiger partial charge in [-0.25, -0.2) is 0 Å². The fourth-order valence-corrected chi connectivity index (χ4v) is 2.01. The van der Waals surface area contributed by atoms with Gasteiger partial charge in [0.15, 0.2) is 0 Å². The van der Waals surface area contributed by atoms with Crippen molar-refractivity contribution in [3.63, 3.8) is 0 Å². The van der Waals surface area contributed by atoms with Crippen molar-refractivity contribution in [1.29, 1.82) is 0 Å². The average Bonchev–Trinajstić information content (AvgIpc) is 2.28. The third-order valence-electron chi connectivity index (χ3n) is 2.28. The first-order chi connectivity index (χ1) is 7.69. The van der Waals surface area contributed by atoms with Gasteiger partial charge in [-0.2, -0.15) is 0 Å². The first-order valence-corrected chi connectivity index (χ1v) is 6.72. The van der Waals surface area contributed by atoms with Crippen molar-refractivity contribution in [3.8, 4) is 11.8 Å². The third kappa shape index (κ3) is 3.97. The standard InChI is InChI=1S/C13H15ClIN/c1-3-5-6-13(16-4-2)10-7-8-12(15)11(14)9-10/h7-9,13,16H,4,6H2,1-2H3. The topological polar surface area (TPSA) is 12.0 Å². The molecule has 0 saturated carbocycles. The van der Waals surface area contributed by atoms with Gasteiger partial charge < -0.3 is 5.32 Å². The Labute approximate surface area is 116 Å². The van der Waals surface area contributed by atoms with E-state index in [1.54, 1.807) is 0 Å². The first-order valence-electron chi connectivity index (χ1n) is 5.27. The highest BCUT2D eigenvalue weighted by Crippen LogP contribution is 2.24. The Morgan fingerprint density at radius 1 is 1.50 bits per heavy atom. The molecule has 1 nitrogen and oxygen atoms in total. The zero-order valence-corrected chi connectivity index (χ0v) is 12.4. The lowest BCUT2D eigenvalue weighted by Gasteiger charge is -2.16. The van der Waals surface area contributed by atoms with Crippen molar-refractivity contribution in [2.75, 3.05) is 6.54 Å². The van der Waals surface area contributed by atoms with Gasteiger partial charge in [-0.3, -0.25) is 0 Å². The minimum atomic E-state index is 0.270. The van der Waals surface area contributed by atoms with Crippen molar-refractivity contribution >= 4 is 34.2 Å². The van der Waals surface area contributed by atoms with Gasteiger partial charge in [0, 0.05) is 16.0 Å². The molecule has 0 aliphatic rings. The summed E-state index contributed by atoms with van der Waals surface area (Å²) in [6.07, 6.45) is 0.821. The molecule has 0 fully saturated rings. The summed E-state index contributed by atoms with van der Waals surface area (Å²) in [5.41, 5.74) is 1.20. The summed E-state index contributed by atoms with van der Waals surface area (Å²) in [7, 11) is 0. The van der Waals surface area contributed by atoms with E-state index in [0.717, 1.165) is 21.6 Å². The van der Waals surface area contributed by atoms with Gasteiger partial charge in [0.25, 0.3) is 0 Å². The predicted molar refractivity (Wildman–Crippen MR) is 78.7 cm³/mol. The summed E-state index contributed by atoms with van der Waals surface area (Å²) in [5.74, 6) is 6.04. The average molecular weight is 348 g/mol. The lowest BCUT2D eigenvalue weighted by atomic mass is 10.0. The second-order valence-electron chi connectivity index (χ2n) is 3.41. The summed E-state index contributed by atoms with van der Waals surface area (Å²) in [6, 6.07) is 6.45. The van der Waals surface area contributed by atoms with Crippen LogP contribution in [0.5, 0.6) is 0 Å². The number of rotatable bonds is 4. The summed E-state index contributed by atoms with van der Waals surface area (Å²) < 4.78 is 1.08. The molecule has 1 aromatic carbocycles. The molecule has 0 aliphatic carbocycles. The molecule has 1 atom stereocenters.